The molecular weight excluding hydrogens is 320 g/mol. The summed E-state index contributed by atoms with van der Waals surface area (Å²) < 4.78 is 2.14. The summed E-state index contributed by atoms with van der Waals surface area (Å²) in [4.78, 5) is 19.7. The molecule has 2 aromatic heterocycles. The molecule has 0 amide bonds. The van der Waals surface area contributed by atoms with Gasteiger partial charge < -0.3 is 5.73 Å². The van der Waals surface area contributed by atoms with Crippen LogP contribution in [0.15, 0.2) is 25.8 Å². The van der Waals surface area contributed by atoms with Gasteiger partial charge in [-0.15, -0.1) is 5.10 Å². The normalized spacial score (nSPS) is 10.8. The van der Waals surface area contributed by atoms with Crippen LogP contribution in [0.1, 0.15) is 13.3 Å². The van der Waals surface area contributed by atoms with E-state index in [9.17, 15) is 4.79 Å². The van der Waals surface area contributed by atoms with Crippen LogP contribution < -0.4 is 11.4 Å². The Balaban J connectivity index is 2.31. The van der Waals surface area contributed by atoms with E-state index in [0.29, 0.717) is 27.3 Å². The molecule has 0 saturated carbocycles. The third-order valence-electron chi connectivity index (χ3n) is 2.05. The van der Waals surface area contributed by atoms with Crippen LogP contribution in [-0.2, 0) is 6.54 Å². The van der Waals surface area contributed by atoms with Crippen molar-refractivity contribution in [3.8, 4) is 0 Å². The summed E-state index contributed by atoms with van der Waals surface area (Å²) in [6.07, 6.45) is 0.842. The molecule has 2 rings (SSSR count). The number of halogens is 1. The zero-order valence-electron chi connectivity index (χ0n) is 9.55. The summed E-state index contributed by atoms with van der Waals surface area (Å²) >= 11 is 4.43. The Bertz CT molecular complexity index is 589. The SMILES string of the molecule is CCCn1c(Sc2nc(N)cc(Br)n2)n[nH]c1=O. The van der Waals surface area contributed by atoms with Crippen LogP contribution in [0.2, 0.25) is 0 Å². The summed E-state index contributed by atoms with van der Waals surface area (Å²) in [6, 6.07) is 1.60. The second-order valence-electron chi connectivity index (χ2n) is 3.46. The fourth-order valence-electron chi connectivity index (χ4n) is 1.34. The van der Waals surface area contributed by atoms with E-state index in [2.05, 4.69) is 36.1 Å². The quantitative estimate of drug-likeness (QED) is 0.646. The number of anilines is 1. The average Bonchev–Trinajstić information content (AvgIpc) is 2.60. The highest BCUT2D eigenvalue weighted by Crippen LogP contribution is 2.24. The van der Waals surface area contributed by atoms with E-state index < -0.39 is 0 Å². The summed E-state index contributed by atoms with van der Waals surface area (Å²) in [5, 5.41) is 7.32. The van der Waals surface area contributed by atoms with Crippen molar-refractivity contribution < 1.29 is 0 Å². The lowest BCUT2D eigenvalue weighted by Gasteiger charge is -2.03. The molecule has 0 radical (unpaired) electrons. The maximum Gasteiger partial charge on any atom is 0.343 e. The number of nitrogens with one attached hydrogen (secondary N) is 1. The number of aromatic amines is 1. The molecule has 0 saturated heterocycles. The Morgan fingerprint density at radius 2 is 2.33 bits per heavy atom. The van der Waals surface area contributed by atoms with E-state index >= 15 is 0 Å². The summed E-state index contributed by atoms with van der Waals surface area (Å²) in [7, 11) is 0. The molecule has 2 heterocycles. The van der Waals surface area contributed by atoms with Crippen molar-refractivity contribution in [3.63, 3.8) is 0 Å². The average molecular weight is 331 g/mol. The first-order valence-corrected chi connectivity index (χ1v) is 6.84. The van der Waals surface area contributed by atoms with Crippen LogP contribution in [-0.4, -0.2) is 24.7 Å². The Morgan fingerprint density at radius 3 is 3.00 bits per heavy atom. The third kappa shape index (κ3) is 2.91. The van der Waals surface area contributed by atoms with E-state index in [1.54, 1.807) is 10.6 Å². The minimum absolute atomic E-state index is 0.234. The molecule has 2 aromatic rings. The second kappa shape index (κ2) is 5.53. The number of H-pyrrole nitrogens is 1. The molecule has 18 heavy (non-hydrogen) atoms. The molecule has 0 spiro atoms. The Labute approximate surface area is 115 Å². The predicted octanol–water partition coefficient (Wildman–Crippen LogP) is 1.27. The molecule has 0 unspecified atom stereocenters. The molecule has 0 bridgehead atoms. The van der Waals surface area contributed by atoms with Gasteiger partial charge in [0.15, 0.2) is 10.3 Å². The van der Waals surface area contributed by atoms with Crippen molar-refractivity contribution in [2.75, 3.05) is 5.73 Å². The summed E-state index contributed by atoms with van der Waals surface area (Å²) in [5.74, 6) is 0.360. The standard InChI is InChI=1S/C9H11BrN6OS/c1-2-3-16-8(17)14-15-9(16)18-7-12-5(10)4-6(11)13-7/h4H,2-3H2,1H3,(H,14,17)(H2,11,12,13). The number of nitrogen functional groups attached to an aromatic ring is 1. The largest absolute Gasteiger partial charge is 0.384 e. The van der Waals surface area contributed by atoms with Crippen molar-refractivity contribution in [3.05, 3.63) is 21.2 Å². The van der Waals surface area contributed by atoms with Gasteiger partial charge >= 0.3 is 5.69 Å². The summed E-state index contributed by atoms with van der Waals surface area (Å²) in [6.45, 7) is 2.59. The first-order chi connectivity index (χ1) is 8.60. The topological polar surface area (TPSA) is 102 Å². The lowest BCUT2D eigenvalue weighted by atomic mass is 10.5. The van der Waals surface area contributed by atoms with Crippen molar-refractivity contribution >= 4 is 33.5 Å². The molecule has 0 aliphatic rings. The molecule has 0 atom stereocenters. The van der Waals surface area contributed by atoms with E-state index in [0.717, 1.165) is 6.42 Å². The monoisotopic (exact) mass is 330 g/mol. The van der Waals surface area contributed by atoms with Crippen LogP contribution in [0, 0.1) is 0 Å². The van der Waals surface area contributed by atoms with Gasteiger partial charge in [0.05, 0.1) is 0 Å². The molecule has 9 heteroatoms. The highest BCUT2D eigenvalue weighted by molar-refractivity contribution is 9.10. The number of hydrogen-bond donors (Lipinski definition) is 2. The first kappa shape index (κ1) is 13.1. The Kier molecular flexibility index (Phi) is 4.02. The second-order valence-corrected chi connectivity index (χ2v) is 5.21. The van der Waals surface area contributed by atoms with E-state index in [1.165, 1.54) is 11.8 Å². The molecule has 0 aliphatic carbocycles. The van der Waals surface area contributed by atoms with Gasteiger partial charge in [-0.25, -0.2) is 19.9 Å². The number of nitrogens with two attached hydrogens (primary N) is 1. The minimum Gasteiger partial charge on any atom is -0.384 e. The maximum absolute atomic E-state index is 11.5. The van der Waals surface area contributed by atoms with Crippen LogP contribution in [0.3, 0.4) is 0 Å². The lowest BCUT2D eigenvalue weighted by Crippen LogP contribution is -2.17. The van der Waals surface area contributed by atoms with Crippen LogP contribution in [0.25, 0.3) is 0 Å². The van der Waals surface area contributed by atoms with Gasteiger partial charge in [0.25, 0.3) is 0 Å². The van der Waals surface area contributed by atoms with Crippen molar-refractivity contribution in [2.24, 2.45) is 0 Å². The first-order valence-electron chi connectivity index (χ1n) is 5.23. The van der Waals surface area contributed by atoms with Gasteiger partial charge in [-0.3, -0.25) is 4.57 Å². The molecular formula is C9H11BrN6OS. The Hall–Kier alpha value is -1.35. The van der Waals surface area contributed by atoms with Gasteiger partial charge in [-0.2, -0.15) is 0 Å². The van der Waals surface area contributed by atoms with Gasteiger partial charge in [-0.1, -0.05) is 6.92 Å². The lowest BCUT2D eigenvalue weighted by molar-refractivity contribution is 0.603. The molecule has 7 nitrogen and oxygen atoms in total. The molecule has 0 aliphatic heterocycles. The van der Waals surface area contributed by atoms with Gasteiger partial charge in [0.2, 0.25) is 0 Å². The third-order valence-corrected chi connectivity index (χ3v) is 3.31. The van der Waals surface area contributed by atoms with E-state index in [1.807, 2.05) is 6.92 Å². The number of aromatic nitrogens is 5. The maximum atomic E-state index is 11.5. The zero-order valence-corrected chi connectivity index (χ0v) is 12.0. The van der Waals surface area contributed by atoms with Crippen molar-refractivity contribution in [1.29, 1.82) is 0 Å². The molecule has 0 aromatic carbocycles. The zero-order chi connectivity index (χ0) is 13.1. The summed E-state index contributed by atoms with van der Waals surface area (Å²) in [5.41, 5.74) is 5.39. The molecule has 0 fully saturated rings. The van der Waals surface area contributed by atoms with Gasteiger partial charge in [0.1, 0.15) is 10.4 Å². The Morgan fingerprint density at radius 1 is 1.56 bits per heavy atom. The number of rotatable bonds is 4. The van der Waals surface area contributed by atoms with Gasteiger partial charge in [0, 0.05) is 12.6 Å². The van der Waals surface area contributed by atoms with Crippen LogP contribution >= 0.6 is 27.7 Å². The molecule has 3 N–H and O–H groups in total. The predicted molar refractivity (Wildman–Crippen MR) is 71.4 cm³/mol. The number of nitrogens with zero attached hydrogens (tertiary/aromatic N) is 4. The smallest absolute Gasteiger partial charge is 0.343 e. The van der Waals surface area contributed by atoms with Gasteiger partial charge in [-0.05, 0) is 34.1 Å². The highest BCUT2D eigenvalue weighted by atomic mass is 79.9. The fourth-order valence-corrected chi connectivity index (χ4v) is 2.70. The van der Waals surface area contributed by atoms with Crippen LogP contribution in [0.4, 0.5) is 5.82 Å². The fraction of sp³-hybridized carbons (Fsp3) is 0.333. The van der Waals surface area contributed by atoms with Crippen LogP contribution in [0.5, 0.6) is 0 Å². The van der Waals surface area contributed by atoms with Crippen molar-refractivity contribution in [1.82, 2.24) is 24.7 Å². The van der Waals surface area contributed by atoms with Crippen molar-refractivity contribution in [2.45, 2.75) is 30.2 Å². The minimum atomic E-state index is -0.234. The highest BCUT2D eigenvalue weighted by Gasteiger charge is 2.11. The van der Waals surface area contributed by atoms with E-state index in [-0.39, 0.29) is 5.69 Å². The number of hydrogen-bond acceptors (Lipinski definition) is 6. The molecule has 96 valence electrons. The van der Waals surface area contributed by atoms with E-state index in [4.69, 9.17) is 5.73 Å².